The van der Waals surface area contributed by atoms with Crippen LogP contribution in [0.15, 0.2) is 12.4 Å². The fourth-order valence-corrected chi connectivity index (χ4v) is 1.54. The highest BCUT2D eigenvalue weighted by atomic mass is 16.3. The zero-order valence-electron chi connectivity index (χ0n) is 9.31. The highest BCUT2D eigenvalue weighted by molar-refractivity contribution is 5.51. The number of nitrogens with zero attached hydrogens (tertiary/aromatic N) is 2. The molecular weight excluding hydrogens is 192 g/mol. The normalized spacial score (nSPS) is 14.9. The minimum absolute atomic E-state index is 0.145. The minimum Gasteiger partial charge on any atom is -0.389 e. The molecule has 1 rings (SSSR count). The molecule has 0 saturated heterocycles. The summed E-state index contributed by atoms with van der Waals surface area (Å²) in [7, 11) is 0. The second kappa shape index (κ2) is 5.07. The van der Waals surface area contributed by atoms with Gasteiger partial charge in [-0.1, -0.05) is 6.92 Å². The summed E-state index contributed by atoms with van der Waals surface area (Å²) in [5.41, 5.74) is -0.988. The van der Waals surface area contributed by atoms with Crippen LogP contribution in [0.1, 0.15) is 32.5 Å². The summed E-state index contributed by atoms with van der Waals surface area (Å²) in [5, 5.41) is 9.89. The van der Waals surface area contributed by atoms with Crippen LogP contribution in [0, 0.1) is 0 Å². The summed E-state index contributed by atoms with van der Waals surface area (Å²) in [5.74, 6) is 0.837. The molecule has 0 amide bonds. The van der Waals surface area contributed by atoms with Gasteiger partial charge in [-0.15, -0.1) is 0 Å². The van der Waals surface area contributed by atoms with Crippen LogP contribution in [0.5, 0.6) is 0 Å². The second-order valence-corrected chi connectivity index (χ2v) is 4.08. The monoisotopic (exact) mass is 210 g/mol. The van der Waals surface area contributed by atoms with Gasteiger partial charge < -0.3 is 14.5 Å². The Hall–Kier alpha value is -1.16. The molecule has 0 spiro atoms. The van der Waals surface area contributed by atoms with Crippen LogP contribution in [0.2, 0.25) is 0 Å². The molecule has 1 atom stereocenters. The van der Waals surface area contributed by atoms with Gasteiger partial charge in [-0.25, -0.2) is 4.98 Å². The number of aryl methyl sites for hydroxylation is 1. The van der Waals surface area contributed by atoms with Crippen molar-refractivity contribution in [3.8, 4) is 0 Å². The lowest BCUT2D eigenvalue weighted by Gasteiger charge is -2.20. The van der Waals surface area contributed by atoms with Gasteiger partial charge in [-0.3, -0.25) is 0 Å². The molecule has 1 unspecified atom stereocenters. The van der Waals surface area contributed by atoms with Crippen molar-refractivity contribution in [3.05, 3.63) is 18.2 Å². The van der Waals surface area contributed by atoms with Gasteiger partial charge in [0.05, 0.1) is 5.60 Å². The summed E-state index contributed by atoms with van der Waals surface area (Å²) in [6.45, 7) is 4.65. The third kappa shape index (κ3) is 3.47. The Morgan fingerprint density at radius 1 is 1.67 bits per heavy atom. The van der Waals surface area contributed by atoms with E-state index < -0.39 is 5.60 Å². The van der Waals surface area contributed by atoms with Crippen LogP contribution in [0.3, 0.4) is 0 Å². The van der Waals surface area contributed by atoms with Gasteiger partial charge in [0.1, 0.15) is 12.1 Å². The first-order valence-electron chi connectivity index (χ1n) is 5.25. The van der Waals surface area contributed by atoms with Crippen LogP contribution in [-0.4, -0.2) is 26.5 Å². The summed E-state index contributed by atoms with van der Waals surface area (Å²) in [6.07, 6.45) is 5.95. The largest absolute Gasteiger partial charge is 0.389 e. The van der Waals surface area contributed by atoms with Crippen LogP contribution >= 0.6 is 0 Å². The molecule has 84 valence electrons. The third-order valence-electron chi connectivity index (χ3n) is 2.33. The molecule has 1 aromatic rings. The van der Waals surface area contributed by atoms with E-state index in [4.69, 9.17) is 0 Å². The summed E-state index contributed by atoms with van der Waals surface area (Å²) in [4.78, 5) is 14.6. The predicted octanol–water partition coefficient (Wildman–Crippen LogP) is 1.18. The average Bonchev–Trinajstić information content (AvgIpc) is 2.52. The van der Waals surface area contributed by atoms with Gasteiger partial charge in [0.15, 0.2) is 0 Å². The van der Waals surface area contributed by atoms with Crippen LogP contribution in [0.4, 0.5) is 0 Å². The standard InChI is InChI=1S/C11H18N2O2/c1-3-6-13-7-5-12-10(13)9-11(2,15)4-8-14/h5,7-8,15H,3-4,6,9H2,1-2H3. The molecule has 0 radical (unpaired) electrons. The van der Waals surface area contributed by atoms with E-state index in [1.807, 2.05) is 10.8 Å². The molecule has 0 fully saturated rings. The molecule has 1 heterocycles. The number of aromatic nitrogens is 2. The average molecular weight is 210 g/mol. The van der Waals surface area contributed by atoms with E-state index in [9.17, 15) is 9.90 Å². The number of aldehydes is 1. The molecule has 1 aromatic heterocycles. The van der Waals surface area contributed by atoms with Gasteiger partial charge in [0.25, 0.3) is 0 Å². The van der Waals surface area contributed by atoms with Crippen molar-refractivity contribution >= 4 is 6.29 Å². The van der Waals surface area contributed by atoms with E-state index in [1.165, 1.54) is 0 Å². The van der Waals surface area contributed by atoms with Gasteiger partial charge in [-0.2, -0.15) is 0 Å². The van der Waals surface area contributed by atoms with E-state index in [-0.39, 0.29) is 6.42 Å². The quantitative estimate of drug-likeness (QED) is 0.717. The lowest BCUT2D eigenvalue weighted by Crippen LogP contribution is -2.29. The lowest BCUT2D eigenvalue weighted by molar-refractivity contribution is -0.111. The topological polar surface area (TPSA) is 55.1 Å². The SMILES string of the molecule is CCCn1ccnc1CC(C)(O)CC=O. The van der Waals surface area contributed by atoms with Crippen LogP contribution in [0.25, 0.3) is 0 Å². The smallest absolute Gasteiger partial charge is 0.122 e. The summed E-state index contributed by atoms with van der Waals surface area (Å²) >= 11 is 0. The first-order valence-corrected chi connectivity index (χ1v) is 5.25. The van der Waals surface area contributed by atoms with Crippen molar-refractivity contribution in [2.75, 3.05) is 0 Å². The number of aliphatic hydroxyl groups is 1. The highest BCUT2D eigenvalue weighted by Gasteiger charge is 2.22. The number of carbonyl (C=O) groups excluding carboxylic acids is 1. The number of hydrogen-bond acceptors (Lipinski definition) is 3. The van der Waals surface area contributed by atoms with Crippen molar-refractivity contribution < 1.29 is 9.90 Å². The number of imidazole rings is 1. The number of carbonyl (C=O) groups is 1. The zero-order valence-corrected chi connectivity index (χ0v) is 9.31. The molecule has 0 aliphatic carbocycles. The van der Waals surface area contributed by atoms with E-state index in [0.29, 0.717) is 6.42 Å². The van der Waals surface area contributed by atoms with Crippen molar-refractivity contribution in [1.82, 2.24) is 9.55 Å². The highest BCUT2D eigenvalue weighted by Crippen LogP contribution is 2.14. The van der Waals surface area contributed by atoms with E-state index >= 15 is 0 Å². The van der Waals surface area contributed by atoms with Gasteiger partial charge in [0, 0.05) is 31.8 Å². The number of rotatable bonds is 6. The summed E-state index contributed by atoms with van der Waals surface area (Å²) in [6, 6.07) is 0. The molecule has 0 aromatic carbocycles. The maximum atomic E-state index is 10.4. The van der Waals surface area contributed by atoms with E-state index in [1.54, 1.807) is 13.1 Å². The first kappa shape index (κ1) is 11.9. The summed E-state index contributed by atoms with van der Waals surface area (Å²) < 4.78 is 2.01. The van der Waals surface area contributed by atoms with E-state index in [2.05, 4.69) is 11.9 Å². The third-order valence-corrected chi connectivity index (χ3v) is 2.33. The number of hydrogen-bond donors (Lipinski definition) is 1. The Morgan fingerprint density at radius 3 is 3.00 bits per heavy atom. The fraction of sp³-hybridized carbons (Fsp3) is 0.636. The second-order valence-electron chi connectivity index (χ2n) is 4.08. The molecule has 1 N–H and O–H groups in total. The molecule has 4 nitrogen and oxygen atoms in total. The van der Waals surface area contributed by atoms with Crippen molar-refractivity contribution in [2.45, 2.75) is 45.3 Å². The molecule has 15 heavy (non-hydrogen) atoms. The lowest BCUT2D eigenvalue weighted by atomic mass is 9.98. The van der Waals surface area contributed by atoms with Crippen molar-refractivity contribution in [2.24, 2.45) is 0 Å². The minimum atomic E-state index is -0.988. The van der Waals surface area contributed by atoms with E-state index in [0.717, 1.165) is 25.1 Å². The Labute approximate surface area is 89.9 Å². The fourth-order valence-electron chi connectivity index (χ4n) is 1.54. The Kier molecular flexibility index (Phi) is 4.03. The van der Waals surface area contributed by atoms with Crippen molar-refractivity contribution in [3.63, 3.8) is 0 Å². The van der Waals surface area contributed by atoms with Crippen LogP contribution in [-0.2, 0) is 17.8 Å². The van der Waals surface area contributed by atoms with Gasteiger partial charge >= 0.3 is 0 Å². The zero-order chi connectivity index (χ0) is 11.3. The van der Waals surface area contributed by atoms with Crippen LogP contribution < -0.4 is 0 Å². The maximum absolute atomic E-state index is 10.4. The molecule has 4 heteroatoms. The molecule has 0 saturated carbocycles. The molecule has 0 aliphatic rings. The maximum Gasteiger partial charge on any atom is 0.122 e. The van der Waals surface area contributed by atoms with Gasteiger partial charge in [0.2, 0.25) is 0 Å². The van der Waals surface area contributed by atoms with Crippen molar-refractivity contribution in [1.29, 1.82) is 0 Å². The Bertz CT molecular complexity index is 318. The Balaban J connectivity index is 2.70. The molecular formula is C11H18N2O2. The Morgan fingerprint density at radius 2 is 2.40 bits per heavy atom. The molecule has 0 bridgehead atoms. The molecule has 0 aliphatic heterocycles. The predicted molar refractivity (Wildman–Crippen MR) is 57.5 cm³/mol. The first-order chi connectivity index (χ1) is 7.09. The van der Waals surface area contributed by atoms with Gasteiger partial charge in [-0.05, 0) is 13.3 Å².